The van der Waals surface area contributed by atoms with Gasteiger partial charge >= 0.3 is 0 Å². The summed E-state index contributed by atoms with van der Waals surface area (Å²) < 4.78 is 0. The highest BCUT2D eigenvalue weighted by Crippen LogP contribution is 2.59. The molecule has 0 aliphatic heterocycles. The first-order valence-electron chi connectivity index (χ1n) is 7.71. The average molecular weight is 263 g/mol. The second kappa shape index (κ2) is 4.96. The highest BCUT2D eigenvalue weighted by molar-refractivity contribution is 5.73. The van der Waals surface area contributed by atoms with Crippen LogP contribution in [0.25, 0.3) is 0 Å². The van der Waals surface area contributed by atoms with Crippen molar-refractivity contribution in [2.45, 2.75) is 66.7 Å². The summed E-state index contributed by atoms with van der Waals surface area (Å²) in [5.74, 6) is 0.849. The van der Waals surface area contributed by atoms with Crippen LogP contribution in [-0.2, 0) is 4.79 Å². The predicted molar refractivity (Wildman–Crippen MR) is 79.8 cm³/mol. The number of hydrogen-bond donors (Lipinski definition) is 1. The molecule has 0 aromatic carbocycles. The molecule has 108 valence electrons. The zero-order chi connectivity index (χ0) is 14.3. The Labute approximate surface area is 118 Å². The van der Waals surface area contributed by atoms with Crippen LogP contribution >= 0.6 is 0 Å². The molecule has 1 fully saturated rings. The van der Waals surface area contributed by atoms with Gasteiger partial charge in [-0.1, -0.05) is 32.8 Å². The molecule has 2 atom stereocenters. The van der Waals surface area contributed by atoms with Gasteiger partial charge in [-0.2, -0.15) is 0 Å². The van der Waals surface area contributed by atoms with Crippen molar-refractivity contribution in [3.63, 3.8) is 0 Å². The van der Waals surface area contributed by atoms with E-state index in [2.05, 4.69) is 33.0 Å². The van der Waals surface area contributed by atoms with Crippen LogP contribution in [0.2, 0.25) is 0 Å². The Morgan fingerprint density at radius 3 is 2.63 bits per heavy atom. The van der Waals surface area contributed by atoms with Gasteiger partial charge < -0.3 is 5.32 Å². The Morgan fingerprint density at radius 1 is 1.32 bits per heavy atom. The van der Waals surface area contributed by atoms with E-state index >= 15 is 0 Å². The number of hydrogen-bond acceptors (Lipinski definition) is 1. The molecule has 0 bridgehead atoms. The number of rotatable bonds is 2. The van der Waals surface area contributed by atoms with E-state index in [1.54, 1.807) is 6.92 Å². The second-order valence-corrected chi connectivity index (χ2v) is 7.52. The third-order valence-electron chi connectivity index (χ3n) is 5.76. The lowest BCUT2D eigenvalue weighted by atomic mass is 9.50. The molecule has 0 aromatic heterocycles. The SMILES string of the molecule is CC(=O)NCC1=C(C)CCC2C(C)(C)CCC[C@]12C. The van der Waals surface area contributed by atoms with E-state index in [0.717, 1.165) is 12.5 Å². The summed E-state index contributed by atoms with van der Waals surface area (Å²) in [6, 6.07) is 0. The minimum absolute atomic E-state index is 0.0843. The Morgan fingerprint density at radius 2 is 2.00 bits per heavy atom. The van der Waals surface area contributed by atoms with E-state index in [0.29, 0.717) is 10.8 Å². The largest absolute Gasteiger partial charge is 0.353 e. The molecule has 0 heterocycles. The number of amides is 1. The van der Waals surface area contributed by atoms with Gasteiger partial charge in [0.15, 0.2) is 0 Å². The van der Waals surface area contributed by atoms with Crippen LogP contribution in [0, 0.1) is 16.7 Å². The quantitative estimate of drug-likeness (QED) is 0.748. The molecule has 1 saturated carbocycles. The summed E-state index contributed by atoms with van der Waals surface area (Å²) in [6.45, 7) is 11.9. The monoisotopic (exact) mass is 263 g/mol. The van der Waals surface area contributed by atoms with E-state index < -0.39 is 0 Å². The maximum Gasteiger partial charge on any atom is 0.217 e. The number of fused-ring (bicyclic) bond motifs is 1. The Balaban J connectivity index is 2.31. The first kappa shape index (κ1) is 14.6. The Kier molecular flexibility index (Phi) is 3.81. The summed E-state index contributed by atoms with van der Waals surface area (Å²) in [5, 5.41) is 3.03. The van der Waals surface area contributed by atoms with Crippen LogP contribution in [0.3, 0.4) is 0 Å². The van der Waals surface area contributed by atoms with E-state index in [1.807, 2.05) is 0 Å². The molecule has 0 saturated heterocycles. The van der Waals surface area contributed by atoms with E-state index in [9.17, 15) is 4.79 Å². The summed E-state index contributed by atoms with van der Waals surface area (Å²) in [4.78, 5) is 11.3. The minimum Gasteiger partial charge on any atom is -0.353 e. The molecule has 2 heteroatoms. The van der Waals surface area contributed by atoms with E-state index in [4.69, 9.17) is 0 Å². The molecule has 2 nitrogen and oxygen atoms in total. The van der Waals surface area contributed by atoms with Crippen molar-refractivity contribution in [3.8, 4) is 0 Å². The van der Waals surface area contributed by atoms with Gasteiger partial charge in [0, 0.05) is 13.5 Å². The van der Waals surface area contributed by atoms with Crippen LogP contribution in [-0.4, -0.2) is 12.5 Å². The van der Waals surface area contributed by atoms with E-state index in [-0.39, 0.29) is 5.91 Å². The van der Waals surface area contributed by atoms with Crippen LogP contribution in [0.15, 0.2) is 11.1 Å². The second-order valence-electron chi connectivity index (χ2n) is 7.52. The lowest BCUT2D eigenvalue weighted by molar-refractivity contribution is -0.118. The summed E-state index contributed by atoms with van der Waals surface area (Å²) in [5.41, 5.74) is 3.78. The molecule has 1 unspecified atom stereocenters. The summed E-state index contributed by atoms with van der Waals surface area (Å²) in [6.07, 6.45) is 6.47. The normalized spacial score (nSPS) is 33.8. The fourth-order valence-corrected chi connectivity index (χ4v) is 4.76. The summed E-state index contributed by atoms with van der Waals surface area (Å²) >= 11 is 0. The van der Waals surface area contributed by atoms with Gasteiger partial charge in [-0.15, -0.1) is 0 Å². The molecule has 0 spiro atoms. The van der Waals surface area contributed by atoms with Crippen molar-refractivity contribution in [1.29, 1.82) is 0 Å². The molecule has 1 amide bonds. The molecule has 0 aromatic rings. The van der Waals surface area contributed by atoms with Crippen LogP contribution < -0.4 is 5.32 Å². The number of nitrogens with one attached hydrogen (secondary N) is 1. The fraction of sp³-hybridized carbons (Fsp3) is 0.824. The van der Waals surface area contributed by atoms with Gasteiger partial charge in [0.1, 0.15) is 0 Å². The van der Waals surface area contributed by atoms with Crippen LogP contribution in [0.1, 0.15) is 66.7 Å². The molecule has 0 radical (unpaired) electrons. The molecular weight excluding hydrogens is 234 g/mol. The standard InChI is InChI=1S/C17H29NO/c1-12-7-8-15-16(3,4)9-6-10-17(15,5)14(12)11-18-13(2)19/h15H,6-11H2,1-5H3,(H,18,19)/t15?,17-/m1/s1. The molecular formula is C17H29NO. The van der Waals surface area contributed by atoms with Crippen molar-refractivity contribution in [1.82, 2.24) is 5.32 Å². The third-order valence-corrected chi connectivity index (χ3v) is 5.76. The maximum atomic E-state index is 11.3. The lowest BCUT2D eigenvalue weighted by Gasteiger charge is -2.55. The van der Waals surface area contributed by atoms with Crippen molar-refractivity contribution < 1.29 is 4.79 Å². The van der Waals surface area contributed by atoms with Gasteiger partial charge in [0.25, 0.3) is 0 Å². The first-order valence-corrected chi connectivity index (χ1v) is 7.71. The van der Waals surface area contributed by atoms with E-state index in [1.165, 1.54) is 43.3 Å². The van der Waals surface area contributed by atoms with Crippen molar-refractivity contribution >= 4 is 5.91 Å². The number of carbonyl (C=O) groups is 1. The lowest BCUT2D eigenvalue weighted by Crippen LogP contribution is -2.47. The maximum absolute atomic E-state index is 11.3. The molecule has 2 aliphatic rings. The predicted octanol–water partition coefficient (Wildman–Crippen LogP) is 4.07. The average Bonchev–Trinajstić information content (AvgIpc) is 2.26. The molecule has 2 rings (SSSR count). The zero-order valence-electron chi connectivity index (χ0n) is 13.2. The van der Waals surface area contributed by atoms with Crippen molar-refractivity contribution in [2.24, 2.45) is 16.7 Å². The molecule has 1 N–H and O–H groups in total. The highest BCUT2D eigenvalue weighted by atomic mass is 16.1. The van der Waals surface area contributed by atoms with Crippen LogP contribution in [0.5, 0.6) is 0 Å². The minimum atomic E-state index is 0.0843. The molecule has 19 heavy (non-hydrogen) atoms. The van der Waals surface area contributed by atoms with Crippen molar-refractivity contribution in [3.05, 3.63) is 11.1 Å². The van der Waals surface area contributed by atoms with Gasteiger partial charge in [-0.3, -0.25) is 4.79 Å². The van der Waals surface area contributed by atoms with Crippen molar-refractivity contribution in [2.75, 3.05) is 6.54 Å². The van der Waals surface area contributed by atoms with Gasteiger partial charge in [0.05, 0.1) is 0 Å². The van der Waals surface area contributed by atoms with Gasteiger partial charge in [-0.05, 0) is 54.9 Å². The zero-order valence-corrected chi connectivity index (χ0v) is 13.2. The smallest absolute Gasteiger partial charge is 0.217 e. The van der Waals surface area contributed by atoms with Gasteiger partial charge in [0.2, 0.25) is 5.91 Å². The van der Waals surface area contributed by atoms with Gasteiger partial charge in [-0.25, -0.2) is 0 Å². The molecule has 2 aliphatic carbocycles. The Hall–Kier alpha value is -0.790. The Bertz CT molecular complexity index is 407. The fourth-order valence-electron chi connectivity index (χ4n) is 4.76. The van der Waals surface area contributed by atoms with Crippen LogP contribution in [0.4, 0.5) is 0 Å². The topological polar surface area (TPSA) is 29.1 Å². The summed E-state index contributed by atoms with van der Waals surface area (Å²) in [7, 11) is 0. The first-order chi connectivity index (χ1) is 8.77. The highest BCUT2D eigenvalue weighted by Gasteiger charge is 2.49. The third kappa shape index (κ3) is 2.59. The number of allylic oxidation sites excluding steroid dienone is 1. The number of carbonyl (C=O) groups excluding carboxylic acids is 1.